The van der Waals surface area contributed by atoms with Crippen molar-refractivity contribution in [2.45, 2.75) is 26.8 Å². The molecule has 0 aliphatic carbocycles. The maximum atomic E-state index is 12.1. The Morgan fingerprint density at radius 2 is 2.38 bits per heavy atom. The van der Waals surface area contributed by atoms with Crippen LogP contribution in [-0.4, -0.2) is 15.3 Å². The van der Waals surface area contributed by atoms with Crippen molar-refractivity contribution in [1.29, 1.82) is 0 Å². The summed E-state index contributed by atoms with van der Waals surface area (Å²) in [6, 6.07) is 1.73. The summed E-state index contributed by atoms with van der Waals surface area (Å²) >= 11 is 0. The number of imidazole rings is 1. The van der Waals surface area contributed by atoms with Crippen LogP contribution in [0.4, 0.5) is 0 Å². The fourth-order valence-electron chi connectivity index (χ4n) is 1.63. The molecule has 0 atom stereocenters. The van der Waals surface area contributed by atoms with E-state index in [1.165, 1.54) is 6.26 Å². The van der Waals surface area contributed by atoms with E-state index in [0.29, 0.717) is 11.4 Å². The van der Waals surface area contributed by atoms with Gasteiger partial charge in [-0.3, -0.25) is 4.79 Å². The molecule has 4 nitrogen and oxygen atoms in total. The molecule has 0 N–H and O–H groups in total. The van der Waals surface area contributed by atoms with Crippen molar-refractivity contribution in [3.8, 4) is 0 Å². The zero-order chi connectivity index (χ0) is 11.5. The largest absolute Gasteiger partial charge is 0.469 e. The standard InChI is InChI=1S/C12H14N2O2/c1-3-5-14-6-4-13-12(14)11(15)10-7-9(2)16-8-10/h4,6-8H,3,5H2,1-2H3. The summed E-state index contributed by atoms with van der Waals surface area (Å²) in [6.45, 7) is 4.68. The average Bonchev–Trinajstić information content (AvgIpc) is 2.87. The smallest absolute Gasteiger partial charge is 0.231 e. The Bertz CT molecular complexity index is 497. The molecule has 0 amide bonds. The first-order valence-electron chi connectivity index (χ1n) is 5.33. The predicted octanol–water partition coefficient (Wildman–Crippen LogP) is 2.43. The van der Waals surface area contributed by atoms with Gasteiger partial charge in [-0.15, -0.1) is 0 Å². The Morgan fingerprint density at radius 1 is 1.56 bits per heavy atom. The van der Waals surface area contributed by atoms with Gasteiger partial charge in [-0.1, -0.05) is 6.92 Å². The molecule has 16 heavy (non-hydrogen) atoms. The van der Waals surface area contributed by atoms with Crippen LogP contribution in [0.25, 0.3) is 0 Å². The summed E-state index contributed by atoms with van der Waals surface area (Å²) < 4.78 is 6.99. The van der Waals surface area contributed by atoms with Gasteiger partial charge in [0.25, 0.3) is 0 Å². The van der Waals surface area contributed by atoms with Gasteiger partial charge in [0, 0.05) is 18.9 Å². The van der Waals surface area contributed by atoms with Crippen molar-refractivity contribution in [3.63, 3.8) is 0 Å². The summed E-state index contributed by atoms with van der Waals surface area (Å²) in [5, 5.41) is 0. The highest BCUT2D eigenvalue weighted by Gasteiger charge is 2.16. The predicted molar refractivity (Wildman–Crippen MR) is 59.4 cm³/mol. The third kappa shape index (κ3) is 1.91. The van der Waals surface area contributed by atoms with Crippen LogP contribution < -0.4 is 0 Å². The van der Waals surface area contributed by atoms with Gasteiger partial charge in [0.1, 0.15) is 12.0 Å². The Labute approximate surface area is 93.9 Å². The maximum Gasteiger partial charge on any atom is 0.231 e. The second kappa shape index (κ2) is 4.35. The number of aryl methyl sites for hydroxylation is 2. The number of carbonyl (C=O) groups is 1. The monoisotopic (exact) mass is 218 g/mol. The molecule has 0 aromatic carbocycles. The van der Waals surface area contributed by atoms with E-state index in [9.17, 15) is 4.79 Å². The summed E-state index contributed by atoms with van der Waals surface area (Å²) in [6.07, 6.45) is 5.92. The number of rotatable bonds is 4. The fourth-order valence-corrected chi connectivity index (χ4v) is 1.63. The van der Waals surface area contributed by atoms with E-state index in [4.69, 9.17) is 4.42 Å². The number of aromatic nitrogens is 2. The van der Waals surface area contributed by atoms with E-state index < -0.39 is 0 Å². The SMILES string of the molecule is CCCn1ccnc1C(=O)c1coc(C)c1. The lowest BCUT2D eigenvalue weighted by atomic mass is 10.2. The fraction of sp³-hybridized carbons (Fsp3) is 0.333. The van der Waals surface area contributed by atoms with Crippen molar-refractivity contribution in [2.24, 2.45) is 0 Å². The lowest BCUT2D eigenvalue weighted by molar-refractivity contribution is 0.102. The molecule has 2 aromatic rings. The van der Waals surface area contributed by atoms with Crippen LogP contribution in [0.15, 0.2) is 29.1 Å². The second-order valence-electron chi connectivity index (χ2n) is 3.72. The van der Waals surface area contributed by atoms with E-state index >= 15 is 0 Å². The zero-order valence-corrected chi connectivity index (χ0v) is 9.43. The third-order valence-electron chi connectivity index (χ3n) is 2.38. The van der Waals surface area contributed by atoms with Crippen LogP contribution >= 0.6 is 0 Å². The van der Waals surface area contributed by atoms with Gasteiger partial charge in [-0.2, -0.15) is 0 Å². The first-order valence-corrected chi connectivity index (χ1v) is 5.33. The third-order valence-corrected chi connectivity index (χ3v) is 2.38. The average molecular weight is 218 g/mol. The molecule has 2 heterocycles. The molecule has 2 aromatic heterocycles. The van der Waals surface area contributed by atoms with E-state index in [-0.39, 0.29) is 5.78 Å². The highest BCUT2D eigenvalue weighted by molar-refractivity contribution is 6.06. The Hall–Kier alpha value is -1.84. The molecule has 0 unspecified atom stereocenters. The number of carbonyl (C=O) groups excluding carboxylic acids is 1. The van der Waals surface area contributed by atoms with Crippen LogP contribution in [0.1, 0.15) is 35.3 Å². The number of nitrogens with zero attached hydrogens (tertiary/aromatic N) is 2. The lowest BCUT2D eigenvalue weighted by Gasteiger charge is -2.03. The van der Waals surface area contributed by atoms with Crippen molar-refractivity contribution in [1.82, 2.24) is 9.55 Å². The number of furan rings is 1. The van der Waals surface area contributed by atoms with Crippen LogP contribution in [0, 0.1) is 6.92 Å². The highest BCUT2D eigenvalue weighted by Crippen LogP contribution is 2.12. The summed E-state index contributed by atoms with van der Waals surface area (Å²) in [4.78, 5) is 16.2. The first-order chi connectivity index (χ1) is 7.72. The van der Waals surface area contributed by atoms with Crippen molar-refractivity contribution in [2.75, 3.05) is 0 Å². The molecule has 0 radical (unpaired) electrons. The summed E-state index contributed by atoms with van der Waals surface area (Å²) in [5.74, 6) is 1.12. The molecule has 84 valence electrons. The topological polar surface area (TPSA) is 48.0 Å². The van der Waals surface area contributed by atoms with Crippen molar-refractivity contribution >= 4 is 5.78 Å². The van der Waals surface area contributed by atoms with Crippen molar-refractivity contribution < 1.29 is 9.21 Å². The van der Waals surface area contributed by atoms with Gasteiger partial charge in [0.2, 0.25) is 5.78 Å². The van der Waals surface area contributed by atoms with Gasteiger partial charge in [-0.25, -0.2) is 4.98 Å². The molecular weight excluding hydrogens is 204 g/mol. The van der Waals surface area contributed by atoms with Gasteiger partial charge in [-0.05, 0) is 19.4 Å². The minimum atomic E-state index is -0.0877. The molecule has 0 aliphatic heterocycles. The molecule has 4 heteroatoms. The Kier molecular flexibility index (Phi) is 2.90. The quantitative estimate of drug-likeness (QED) is 0.740. The molecular formula is C12H14N2O2. The molecule has 0 spiro atoms. The molecule has 0 aliphatic rings. The van der Waals surface area contributed by atoms with E-state index in [2.05, 4.69) is 11.9 Å². The summed E-state index contributed by atoms with van der Waals surface area (Å²) in [7, 11) is 0. The number of hydrogen-bond donors (Lipinski definition) is 0. The minimum Gasteiger partial charge on any atom is -0.469 e. The molecule has 0 saturated carbocycles. The lowest BCUT2D eigenvalue weighted by Crippen LogP contribution is -2.10. The molecule has 2 rings (SSSR count). The van der Waals surface area contributed by atoms with Crippen LogP contribution in [0.2, 0.25) is 0 Å². The van der Waals surface area contributed by atoms with E-state index in [0.717, 1.165) is 18.7 Å². The second-order valence-corrected chi connectivity index (χ2v) is 3.72. The molecule has 0 saturated heterocycles. The number of hydrogen-bond acceptors (Lipinski definition) is 3. The van der Waals surface area contributed by atoms with E-state index in [1.54, 1.807) is 12.3 Å². The number of ketones is 1. The van der Waals surface area contributed by atoms with Crippen LogP contribution in [0.3, 0.4) is 0 Å². The van der Waals surface area contributed by atoms with E-state index in [1.807, 2.05) is 17.7 Å². The normalized spacial score (nSPS) is 10.6. The Morgan fingerprint density at radius 3 is 3.00 bits per heavy atom. The summed E-state index contributed by atoms with van der Waals surface area (Å²) in [5.41, 5.74) is 0.557. The Balaban J connectivity index is 2.30. The maximum absolute atomic E-state index is 12.1. The zero-order valence-electron chi connectivity index (χ0n) is 9.43. The van der Waals surface area contributed by atoms with Crippen LogP contribution in [0.5, 0.6) is 0 Å². The van der Waals surface area contributed by atoms with Gasteiger partial charge in [0.05, 0.1) is 5.56 Å². The molecule has 0 bridgehead atoms. The van der Waals surface area contributed by atoms with Gasteiger partial charge in [0.15, 0.2) is 5.82 Å². The minimum absolute atomic E-state index is 0.0877. The van der Waals surface area contributed by atoms with Crippen LogP contribution in [-0.2, 0) is 6.54 Å². The van der Waals surface area contributed by atoms with Crippen molar-refractivity contribution in [3.05, 3.63) is 41.9 Å². The van der Waals surface area contributed by atoms with Gasteiger partial charge >= 0.3 is 0 Å². The van der Waals surface area contributed by atoms with Gasteiger partial charge < -0.3 is 8.98 Å². The molecule has 0 fully saturated rings. The first kappa shape index (κ1) is 10.7. The highest BCUT2D eigenvalue weighted by atomic mass is 16.3.